The highest BCUT2D eigenvalue weighted by Gasteiger charge is 2.20. The van der Waals surface area contributed by atoms with Crippen molar-refractivity contribution in [3.8, 4) is 0 Å². The number of thioether (sulfide) groups is 1. The quantitative estimate of drug-likeness (QED) is 0.806. The van der Waals surface area contributed by atoms with Crippen LogP contribution in [0.1, 0.15) is 23.7 Å². The van der Waals surface area contributed by atoms with E-state index < -0.39 is 0 Å². The van der Waals surface area contributed by atoms with Gasteiger partial charge in [-0.2, -0.15) is 0 Å². The molecule has 6 heteroatoms. The van der Waals surface area contributed by atoms with Crippen molar-refractivity contribution in [2.45, 2.75) is 30.3 Å². The first-order chi connectivity index (χ1) is 8.16. The molecule has 0 bridgehead atoms. The SMILES string of the molecule is Cc1nc(SC(c2ccccn2)C(C)N)n[nH]1. The molecular formula is C11H15N5S. The van der Waals surface area contributed by atoms with Crippen LogP contribution in [0.3, 0.4) is 0 Å². The third kappa shape index (κ3) is 3.04. The van der Waals surface area contributed by atoms with Crippen molar-refractivity contribution in [1.82, 2.24) is 20.2 Å². The zero-order valence-corrected chi connectivity index (χ0v) is 10.6. The maximum absolute atomic E-state index is 6.00. The Bertz CT molecular complexity index is 468. The van der Waals surface area contributed by atoms with E-state index in [1.807, 2.05) is 32.0 Å². The second-order valence-electron chi connectivity index (χ2n) is 3.86. The summed E-state index contributed by atoms with van der Waals surface area (Å²) in [7, 11) is 0. The largest absolute Gasteiger partial charge is 0.327 e. The van der Waals surface area contributed by atoms with Crippen LogP contribution in [0.4, 0.5) is 0 Å². The average Bonchev–Trinajstić information content (AvgIpc) is 2.73. The second-order valence-corrected chi connectivity index (χ2v) is 4.96. The first-order valence-electron chi connectivity index (χ1n) is 5.39. The third-order valence-corrected chi connectivity index (χ3v) is 3.58. The predicted octanol–water partition coefficient (Wildman–Crippen LogP) is 1.69. The van der Waals surface area contributed by atoms with Crippen LogP contribution in [-0.2, 0) is 0 Å². The number of aromatic amines is 1. The molecule has 0 amide bonds. The van der Waals surface area contributed by atoms with Crippen molar-refractivity contribution >= 4 is 11.8 Å². The number of H-pyrrole nitrogens is 1. The minimum atomic E-state index is -0.0197. The number of nitrogens with zero attached hydrogens (tertiary/aromatic N) is 3. The number of hydrogen-bond acceptors (Lipinski definition) is 5. The molecule has 0 fully saturated rings. The van der Waals surface area contributed by atoms with E-state index in [9.17, 15) is 0 Å². The van der Waals surface area contributed by atoms with Crippen molar-refractivity contribution in [3.63, 3.8) is 0 Å². The van der Waals surface area contributed by atoms with E-state index in [0.717, 1.165) is 11.5 Å². The van der Waals surface area contributed by atoms with Gasteiger partial charge in [0.25, 0.3) is 0 Å². The standard InChI is InChI=1S/C11H15N5S/c1-7(12)10(9-5-3-4-6-13-9)17-11-14-8(2)15-16-11/h3-7,10H,12H2,1-2H3,(H,14,15,16). The van der Waals surface area contributed by atoms with Crippen LogP contribution in [0, 0.1) is 6.92 Å². The topological polar surface area (TPSA) is 80.5 Å². The molecule has 2 heterocycles. The molecule has 0 radical (unpaired) electrons. The van der Waals surface area contributed by atoms with Crippen LogP contribution in [0.15, 0.2) is 29.6 Å². The molecular weight excluding hydrogens is 234 g/mol. The maximum atomic E-state index is 6.00. The fraction of sp³-hybridized carbons (Fsp3) is 0.364. The Hall–Kier alpha value is -1.40. The van der Waals surface area contributed by atoms with Crippen molar-refractivity contribution in [2.24, 2.45) is 5.73 Å². The molecule has 0 saturated heterocycles. The molecule has 0 aliphatic rings. The van der Waals surface area contributed by atoms with Gasteiger partial charge in [-0.3, -0.25) is 10.1 Å². The van der Waals surface area contributed by atoms with Gasteiger partial charge >= 0.3 is 0 Å². The van der Waals surface area contributed by atoms with Gasteiger partial charge in [-0.15, -0.1) is 5.10 Å². The van der Waals surface area contributed by atoms with Gasteiger partial charge in [0.1, 0.15) is 5.82 Å². The Labute approximate surface area is 104 Å². The summed E-state index contributed by atoms with van der Waals surface area (Å²) >= 11 is 1.53. The summed E-state index contributed by atoms with van der Waals surface area (Å²) in [6, 6.07) is 5.81. The Balaban J connectivity index is 2.19. The maximum Gasteiger partial charge on any atom is 0.209 e. The summed E-state index contributed by atoms with van der Waals surface area (Å²) in [6.07, 6.45) is 1.77. The molecule has 0 aromatic carbocycles. The molecule has 0 aliphatic heterocycles. The summed E-state index contributed by atoms with van der Waals surface area (Å²) in [4.78, 5) is 8.61. The molecule has 3 N–H and O–H groups in total. The lowest BCUT2D eigenvalue weighted by Gasteiger charge is -2.17. The van der Waals surface area contributed by atoms with Crippen LogP contribution in [0.2, 0.25) is 0 Å². The Kier molecular flexibility index (Phi) is 3.75. The fourth-order valence-corrected chi connectivity index (χ4v) is 2.46. The fourth-order valence-electron chi connectivity index (χ4n) is 1.47. The molecule has 0 aliphatic carbocycles. The van der Waals surface area contributed by atoms with E-state index in [2.05, 4.69) is 20.2 Å². The van der Waals surface area contributed by atoms with Crippen LogP contribution >= 0.6 is 11.8 Å². The zero-order valence-electron chi connectivity index (χ0n) is 9.79. The van der Waals surface area contributed by atoms with Crippen LogP contribution in [0.5, 0.6) is 0 Å². The van der Waals surface area contributed by atoms with Crippen molar-refractivity contribution in [2.75, 3.05) is 0 Å². The number of aromatic nitrogens is 4. The number of nitrogens with one attached hydrogen (secondary N) is 1. The average molecular weight is 249 g/mol. The first-order valence-corrected chi connectivity index (χ1v) is 6.27. The minimum Gasteiger partial charge on any atom is -0.327 e. The van der Waals surface area contributed by atoms with E-state index in [4.69, 9.17) is 5.73 Å². The molecule has 2 atom stereocenters. The van der Waals surface area contributed by atoms with E-state index in [0.29, 0.717) is 5.16 Å². The van der Waals surface area contributed by atoms with Crippen molar-refractivity contribution in [3.05, 3.63) is 35.9 Å². The molecule has 2 aromatic rings. The lowest BCUT2D eigenvalue weighted by Crippen LogP contribution is -2.23. The van der Waals surface area contributed by atoms with Crippen molar-refractivity contribution < 1.29 is 0 Å². The first kappa shape index (κ1) is 12.1. The van der Waals surface area contributed by atoms with Crippen LogP contribution in [0.25, 0.3) is 0 Å². The van der Waals surface area contributed by atoms with Gasteiger partial charge in [0.15, 0.2) is 0 Å². The van der Waals surface area contributed by atoms with Gasteiger partial charge in [-0.25, -0.2) is 4.98 Å². The van der Waals surface area contributed by atoms with Crippen molar-refractivity contribution in [1.29, 1.82) is 0 Å². The lowest BCUT2D eigenvalue weighted by atomic mass is 10.2. The molecule has 0 spiro atoms. The Morgan fingerprint density at radius 1 is 1.41 bits per heavy atom. The van der Waals surface area contributed by atoms with E-state index in [1.165, 1.54) is 11.8 Å². The lowest BCUT2D eigenvalue weighted by molar-refractivity contribution is 0.702. The Morgan fingerprint density at radius 2 is 2.24 bits per heavy atom. The van der Waals surface area contributed by atoms with Gasteiger partial charge in [0.05, 0.1) is 10.9 Å². The zero-order chi connectivity index (χ0) is 12.3. The molecule has 2 unspecified atom stereocenters. The number of pyridine rings is 1. The smallest absolute Gasteiger partial charge is 0.209 e. The van der Waals surface area contributed by atoms with Gasteiger partial charge in [-0.05, 0) is 26.0 Å². The molecule has 90 valence electrons. The molecule has 2 rings (SSSR count). The number of aryl methyl sites for hydroxylation is 1. The third-order valence-electron chi connectivity index (χ3n) is 2.27. The van der Waals surface area contributed by atoms with Crippen LogP contribution < -0.4 is 5.73 Å². The number of nitrogens with two attached hydrogens (primary N) is 1. The van der Waals surface area contributed by atoms with E-state index >= 15 is 0 Å². The monoisotopic (exact) mass is 249 g/mol. The number of hydrogen-bond donors (Lipinski definition) is 2. The second kappa shape index (κ2) is 5.29. The summed E-state index contributed by atoms with van der Waals surface area (Å²) in [5.41, 5.74) is 6.95. The van der Waals surface area contributed by atoms with Crippen LogP contribution in [-0.4, -0.2) is 26.2 Å². The van der Waals surface area contributed by atoms with Gasteiger partial charge < -0.3 is 5.73 Å². The Morgan fingerprint density at radius 3 is 2.76 bits per heavy atom. The highest BCUT2D eigenvalue weighted by Crippen LogP contribution is 2.33. The highest BCUT2D eigenvalue weighted by atomic mass is 32.2. The predicted molar refractivity (Wildman–Crippen MR) is 67.6 cm³/mol. The molecule has 17 heavy (non-hydrogen) atoms. The summed E-state index contributed by atoms with van der Waals surface area (Å²) in [5.74, 6) is 0.803. The van der Waals surface area contributed by atoms with E-state index in [-0.39, 0.29) is 11.3 Å². The molecule has 2 aromatic heterocycles. The summed E-state index contributed by atoms with van der Waals surface area (Å²) in [5, 5.41) is 7.69. The minimum absolute atomic E-state index is 0.0197. The molecule has 0 saturated carbocycles. The van der Waals surface area contributed by atoms with E-state index in [1.54, 1.807) is 6.20 Å². The summed E-state index contributed by atoms with van der Waals surface area (Å²) in [6.45, 7) is 3.84. The van der Waals surface area contributed by atoms with Gasteiger partial charge in [-0.1, -0.05) is 17.8 Å². The molecule has 5 nitrogen and oxygen atoms in total. The number of rotatable bonds is 4. The highest BCUT2D eigenvalue weighted by molar-refractivity contribution is 7.99. The normalized spacial score (nSPS) is 14.5. The van der Waals surface area contributed by atoms with Gasteiger partial charge in [0, 0.05) is 12.2 Å². The summed E-state index contributed by atoms with van der Waals surface area (Å²) < 4.78 is 0. The van der Waals surface area contributed by atoms with Gasteiger partial charge in [0.2, 0.25) is 5.16 Å².